The quantitative estimate of drug-likeness (QED) is 0.756. The van der Waals surface area contributed by atoms with E-state index in [-0.39, 0.29) is 6.10 Å². The molecule has 0 aromatic carbocycles. The summed E-state index contributed by atoms with van der Waals surface area (Å²) in [6, 6.07) is 0. The Hall–Kier alpha value is -1.13. The van der Waals surface area contributed by atoms with Crippen molar-refractivity contribution in [1.29, 1.82) is 0 Å². The fourth-order valence-corrected chi connectivity index (χ4v) is 1.82. The first-order valence-electron chi connectivity index (χ1n) is 6.37. The molecule has 1 aromatic heterocycles. The lowest BCUT2D eigenvalue weighted by Gasteiger charge is -2.13. The van der Waals surface area contributed by atoms with Crippen molar-refractivity contribution in [2.24, 2.45) is 0 Å². The van der Waals surface area contributed by atoms with Gasteiger partial charge < -0.3 is 14.8 Å². The van der Waals surface area contributed by atoms with E-state index < -0.39 is 0 Å². The molecule has 0 atom stereocenters. The van der Waals surface area contributed by atoms with E-state index in [4.69, 9.17) is 9.47 Å². The zero-order valence-electron chi connectivity index (χ0n) is 12.0. The van der Waals surface area contributed by atoms with E-state index in [9.17, 15) is 0 Å². The molecule has 0 spiro atoms. The number of hydrogen-bond acceptors (Lipinski definition) is 4. The van der Waals surface area contributed by atoms with Crippen molar-refractivity contribution >= 4 is 0 Å². The van der Waals surface area contributed by atoms with E-state index in [0.29, 0.717) is 0 Å². The molecule has 102 valence electrons. The maximum atomic E-state index is 5.47. The summed E-state index contributed by atoms with van der Waals surface area (Å²) in [5, 5.41) is 3.33. The van der Waals surface area contributed by atoms with E-state index in [1.807, 2.05) is 33.9 Å². The molecule has 0 radical (unpaired) electrons. The van der Waals surface area contributed by atoms with Crippen LogP contribution in [0.4, 0.5) is 0 Å². The van der Waals surface area contributed by atoms with Crippen LogP contribution >= 0.6 is 0 Å². The molecule has 4 heteroatoms. The lowest BCUT2D eigenvalue weighted by atomic mass is 10.1. The first-order valence-corrected chi connectivity index (χ1v) is 6.37. The Morgan fingerprint density at radius 1 is 1.33 bits per heavy atom. The van der Waals surface area contributed by atoms with Crippen LogP contribution in [0.15, 0.2) is 6.20 Å². The minimum atomic E-state index is 0.283. The van der Waals surface area contributed by atoms with E-state index >= 15 is 0 Å². The van der Waals surface area contributed by atoms with Gasteiger partial charge in [-0.1, -0.05) is 0 Å². The van der Waals surface area contributed by atoms with Crippen molar-refractivity contribution in [2.75, 3.05) is 20.3 Å². The second-order valence-corrected chi connectivity index (χ2v) is 4.64. The van der Waals surface area contributed by atoms with Crippen LogP contribution in [0.5, 0.6) is 5.75 Å². The van der Waals surface area contributed by atoms with Gasteiger partial charge in [-0.15, -0.1) is 0 Å². The fraction of sp³-hybridized carbons (Fsp3) is 0.643. The molecular formula is C14H24N2O2. The molecule has 0 saturated carbocycles. The Labute approximate surface area is 110 Å². The molecule has 0 amide bonds. The van der Waals surface area contributed by atoms with Gasteiger partial charge in [-0.3, -0.25) is 4.98 Å². The second-order valence-electron chi connectivity index (χ2n) is 4.64. The van der Waals surface area contributed by atoms with E-state index in [1.54, 1.807) is 7.11 Å². The van der Waals surface area contributed by atoms with Crippen LogP contribution in [0.1, 0.15) is 30.7 Å². The summed E-state index contributed by atoms with van der Waals surface area (Å²) in [5.41, 5.74) is 3.21. The lowest BCUT2D eigenvalue weighted by molar-refractivity contribution is 0.0806. The normalized spacial score (nSPS) is 11.0. The van der Waals surface area contributed by atoms with Gasteiger partial charge in [0.1, 0.15) is 5.75 Å². The molecule has 0 aliphatic carbocycles. The SMILES string of the molecule is COc1c(C)cnc(CNCCOC(C)C)c1C. The van der Waals surface area contributed by atoms with Crippen LogP contribution in [-0.2, 0) is 11.3 Å². The molecule has 1 N–H and O–H groups in total. The van der Waals surface area contributed by atoms with Crippen molar-refractivity contribution in [2.45, 2.75) is 40.3 Å². The zero-order valence-corrected chi connectivity index (χ0v) is 12.0. The number of ether oxygens (including phenoxy) is 2. The number of nitrogens with zero attached hydrogens (tertiary/aromatic N) is 1. The number of hydrogen-bond donors (Lipinski definition) is 1. The van der Waals surface area contributed by atoms with Gasteiger partial charge in [0, 0.05) is 30.4 Å². The van der Waals surface area contributed by atoms with Crippen molar-refractivity contribution in [3.05, 3.63) is 23.0 Å². The first-order chi connectivity index (χ1) is 8.56. The van der Waals surface area contributed by atoms with Crippen LogP contribution in [0.3, 0.4) is 0 Å². The monoisotopic (exact) mass is 252 g/mol. The predicted octanol–water partition coefficient (Wildman–Crippen LogP) is 2.22. The smallest absolute Gasteiger partial charge is 0.128 e. The van der Waals surface area contributed by atoms with Crippen LogP contribution in [0, 0.1) is 13.8 Å². The summed E-state index contributed by atoms with van der Waals surface area (Å²) >= 11 is 0. The van der Waals surface area contributed by atoms with Gasteiger partial charge in [-0.25, -0.2) is 0 Å². The van der Waals surface area contributed by atoms with Crippen LogP contribution in [0.25, 0.3) is 0 Å². The van der Waals surface area contributed by atoms with Gasteiger partial charge in [0.25, 0.3) is 0 Å². The Balaban J connectivity index is 2.48. The third-order valence-electron chi connectivity index (χ3n) is 2.77. The minimum absolute atomic E-state index is 0.283. The Bertz CT molecular complexity index is 378. The summed E-state index contributed by atoms with van der Waals surface area (Å²) < 4.78 is 10.8. The van der Waals surface area contributed by atoms with Crippen LogP contribution < -0.4 is 10.1 Å². The second kappa shape index (κ2) is 7.34. The average molecular weight is 252 g/mol. The molecule has 0 saturated heterocycles. The highest BCUT2D eigenvalue weighted by Crippen LogP contribution is 2.23. The van der Waals surface area contributed by atoms with E-state index in [1.165, 1.54) is 0 Å². The molecule has 1 aromatic rings. The van der Waals surface area contributed by atoms with Crippen molar-refractivity contribution in [1.82, 2.24) is 10.3 Å². The highest BCUT2D eigenvalue weighted by Gasteiger charge is 2.08. The Morgan fingerprint density at radius 3 is 2.67 bits per heavy atom. The van der Waals surface area contributed by atoms with E-state index in [2.05, 4.69) is 10.3 Å². The van der Waals surface area contributed by atoms with Gasteiger partial charge in [-0.05, 0) is 27.7 Å². The lowest BCUT2D eigenvalue weighted by Crippen LogP contribution is -2.22. The van der Waals surface area contributed by atoms with Gasteiger partial charge in [0.2, 0.25) is 0 Å². The van der Waals surface area contributed by atoms with Crippen LogP contribution in [-0.4, -0.2) is 31.3 Å². The zero-order chi connectivity index (χ0) is 13.5. The standard InChI is InChI=1S/C14H24N2O2/c1-10(2)18-7-6-15-9-13-12(4)14(17-5)11(3)8-16-13/h8,10,15H,6-7,9H2,1-5H3. The highest BCUT2D eigenvalue weighted by molar-refractivity contribution is 5.40. The summed E-state index contributed by atoms with van der Waals surface area (Å²) in [5.74, 6) is 0.931. The topological polar surface area (TPSA) is 43.4 Å². The minimum Gasteiger partial charge on any atom is -0.496 e. The largest absolute Gasteiger partial charge is 0.496 e. The number of rotatable bonds is 7. The molecular weight excluding hydrogens is 228 g/mol. The number of methoxy groups -OCH3 is 1. The molecule has 0 fully saturated rings. The third-order valence-corrected chi connectivity index (χ3v) is 2.77. The summed E-state index contributed by atoms with van der Waals surface area (Å²) in [6.45, 7) is 10.4. The molecule has 0 aliphatic rings. The van der Waals surface area contributed by atoms with Gasteiger partial charge >= 0.3 is 0 Å². The molecule has 0 bridgehead atoms. The first kappa shape index (κ1) is 14.9. The van der Waals surface area contributed by atoms with Crippen molar-refractivity contribution in [3.8, 4) is 5.75 Å². The molecule has 4 nitrogen and oxygen atoms in total. The number of nitrogens with one attached hydrogen (secondary N) is 1. The molecule has 18 heavy (non-hydrogen) atoms. The van der Waals surface area contributed by atoms with Gasteiger partial charge in [-0.2, -0.15) is 0 Å². The van der Waals surface area contributed by atoms with Crippen LogP contribution in [0.2, 0.25) is 0 Å². The fourth-order valence-electron chi connectivity index (χ4n) is 1.82. The summed E-state index contributed by atoms with van der Waals surface area (Å²) in [7, 11) is 1.70. The molecule has 1 rings (SSSR count). The molecule has 0 unspecified atom stereocenters. The predicted molar refractivity (Wildman–Crippen MR) is 73.1 cm³/mol. The van der Waals surface area contributed by atoms with Crippen molar-refractivity contribution < 1.29 is 9.47 Å². The van der Waals surface area contributed by atoms with Gasteiger partial charge in [0.05, 0.1) is 25.5 Å². The maximum absolute atomic E-state index is 5.47. The summed E-state index contributed by atoms with van der Waals surface area (Å²) in [4.78, 5) is 4.44. The van der Waals surface area contributed by atoms with Gasteiger partial charge in [0.15, 0.2) is 0 Å². The Kier molecular flexibility index (Phi) is 6.09. The third kappa shape index (κ3) is 4.27. The number of aromatic nitrogens is 1. The maximum Gasteiger partial charge on any atom is 0.128 e. The molecule has 1 heterocycles. The average Bonchev–Trinajstić information content (AvgIpc) is 2.31. The number of aryl methyl sites for hydroxylation is 1. The van der Waals surface area contributed by atoms with E-state index in [0.717, 1.165) is 42.3 Å². The molecule has 0 aliphatic heterocycles. The summed E-state index contributed by atoms with van der Waals surface area (Å²) in [6.07, 6.45) is 2.14. The highest BCUT2D eigenvalue weighted by atomic mass is 16.5. The van der Waals surface area contributed by atoms with Crippen molar-refractivity contribution in [3.63, 3.8) is 0 Å². The number of pyridine rings is 1. The Morgan fingerprint density at radius 2 is 2.06 bits per heavy atom.